The summed E-state index contributed by atoms with van der Waals surface area (Å²) >= 11 is 0. The summed E-state index contributed by atoms with van der Waals surface area (Å²) in [6, 6.07) is 7.82. The fraction of sp³-hybridized carbons (Fsp3) is 0.632. The standard InChI is InChI=1S/C19H27F3N2O2/c1-14-7-15(2)10-24(9-14)11-17-6-4-3-5-16(17)8-23-18(25)12-26-13-19(20,21)22/h3-6,14-15H,7-13H2,1-2H3,(H,23,25). The Morgan fingerprint density at radius 1 is 1.19 bits per heavy atom. The monoisotopic (exact) mass is 372 g/mol. The van der Waals surface area contributed by atoms with Crippen LogP contribution in [0.25, 0.3) is 0 Å². The van der Waals surface area contributed by atoms with Gasteiger partial charge in [-0.05, 0) is 29.4 Å². The van der Waals surface area contributed by atoms with Gasteiger partial charge in [0.1, 0.15) is 13.2 Å². The van der Waals surface area contributed by atoms with Crippen LogP contribution >= 0.6 is 0 Å². The van der Waals surface area contributed by atoms with Crippen molar-refractivity contribution in [3.63, 3.8) is 0 Å². The van der Waals surface area contributed by atoms with E-state index in [-0.39, 0.29) is 6.54 Å². The molecule has 0 aliphatic carbocycles. The van der Waals surface area contributed by atoms with Crippen LogP contribution in [-0.2, 0) is 22.6 Å². The van der Waals surface area contributed by atoms with E-state index in [0.29, 0.717) is 11.8 Å². The first-order valence-electron chi connectivity index (χ1n) is 8.93. The molecule has 0 saturated carbocycles. The summed E-state index contributed by atoms with van der Waals surface area (Å²) in [4.78, 5) is 14.1. The Balaban J connectivity index is 1.85. The highest BCUT2D eigenvalue weighted by atomic mass is 19.4. The average molecular weight is 372 g/mol. The van der Waals surface area contributed by atoms with E-state index >= 15 is 0 Å². The maximum Gasteiger partial charge on any atom is 0.411 e. The van der Waals surface area contributed by atoms with E-state index in [1.807, 2.05) is 24.3 Å². The number of hydrogen-bond donors (Lipinski definition) is 1. The van der Waals surface area contributed by atoms with Crippen LogP contribution in [0.2, 0.25) is 0 Å². The van der Waals surface area contributed by atoms with E-state index in [1.165, 1.54) is 6.42 Å². The molecule has 1 heterocycles. The number of carbonyl (C=O) groups is 1. The first kappa shape index (κ1) is 20.7. The Hall–Kier alpha value is -1.60. The second-order valence-corrected chi connectivity index (χ2v) is 7.29. The van der Waals surface area contributed by atoms with E-state index in [0.717, 1.165) is 30.8 Å². The summed E-state index contributed by atoms with van der Waals surface area (Å²) in [6.45, 7) is 5.71. The zero-order valence-electron chi connectivity index (χ0n) is 15.3. The summed E-state index contributed by atoms with van der Waals surface area (Å²) in [7, 11) is 0. The Labute approximate surface area is 152 Å². The molecule has 2 atom stereocenters. The van der Waals surface area contributed by atoms with E-state index in [9.17, 15) is 18.0 Å². The normalized spacial score (nSPS) is 21.6. The molecule has 1 amide bonds. The Morgan fingerprint density at radius 2 is 1.81 bits per heavy atom. The molecule has 0 spiro atoms. The van der Waals surface area contributed by atoms with Gasteiger partial charge in [0, 0.05) is 26.2 Å². The summed E-state index contributed by atoms with van der Waals surface area (Å²) in [5.74, 6) is 0.775. The van der Waals surface area contributed by atoms with Crippen LogP contribution < -0.4 is 5.32 Å². The smallest absolute Gasteiger partial charge is 0.362 e. The molecule has 1 aromatic carbocycles. The van der Waals surface area contributed by atoms with Gasteiger partial charge in [0.25, 0.3) is 0 Å². The lowest BCUT2D eigenvalue weighted by atomic mass is 9.91. The third kappa shape index (κ3) is 7.33. The molecule has 2 unspecified atom stereocenters. The zero-order chi connectivity index (χ0) is 19.2. The number of nitrogens with zero attached hydrogens (tertiary/aromatic N) is 1. The maximum absolute atomic E-state index is 12.0. The van der Waals surface area contributed by atoms with Gasteiger partial charge in [-0.15, -0.1) is 0 Å². The highest BCUT2D eigenvalue weighted by Crippen LogP contribution is 2.23. The lowest BCUT2D eigenvalue weighted by molar-refractivity contribution is -0.175. The van der Waals surface area contributed by atoms with Crippen molar-refractivity contribution in [1.82, 2.24) is 10.2 Å². The first-order valence-corrected chi connectivity index (χ1v) is 8.93. The van der Waals surface area contributed by atoms with Crippen LogP contribution in [0.1, 0.15) is 31.4 Å². The number of piperidine rings is 1. The minimum Gasteiger partial charge on any atom is -0.362 e. The fourth-order valence-electron chi connectivity index (χ4n) is 3.55. The van der Waals surface area contributed by atoms with Crippen molar-refractivity contribution in [3.05, 3.63) is 35.4 Å². The topological polar surface area (TPSA) is 41.6 Å². The Bertz CT molecular complexity index is 582. The minimum atomic E-state index is -4.42. The summed E-state index contributed by atoms with van der Waals surface area (Å²) in [6.07, 6.45) is -3.18. The summed E-state index contributed by atoms with van der Waals surface area (Å²) in [5, 5.41) is 2.63. The van der Waals surface area contributed by atoms with Crippen LogP contribution in [0, 0.1) is 11.8 Å². The van der Waals surface area contributed by atoms with Crippen molar-refractivity contribution in [1.29, 1.82) is 0 Å². The molecule has 0 aromatic heterocycles. The van der Waals surface area contributed by atoms with Crippen molar-refractivity contribution in [2.45, 2.75) is 39.5 Å². The molecular weight excluding hydrogens is 345 g/mol. The van der Waals surface area contributed by atoms with Crippen LogP contribution in [-0.4, -0.2) is 43.3 Å². The van der Waals surface area contributed by atoms with Crippen molar-refractivity contribution in [2.75, 3.05) is 26.3 Å². The molecule has 7 heteroatoms. The number of likely N-dealkylation sites (tertiary alicyclic amines) is 1. The van der Waals surface area contributed by atoms with Gasteiger partial charge in [0.2, 0.25) is 5.91 Å². The number of amides is 1. The number of benzene rings is 1. The lowest BCUT2D eigenvalue weighted by Crippen LogP contribution is -2.38. The predicted octanol–water partition coefficient (Wildman–Crippen LogP) is 3.36. The molecule has 26 heavy (non-hydrogen) atoms. The molecule has 1 N–H and O–H groups in total. The number of hydrogen-bond acceptors (Lipinski definition) is 3. The predicted molar refractivity (Wildman–Crippen MR) is 93.4 cm³/mol. The molecule has 146 valence electrons. The molecule has 1 fully saturated rings. The van der Waals surface area contributed by atoms with E-state index in [4.69, 9.17) is 0 Å². The van der Waals surface area contributed by atoms with Gasteiger partial charge in [-0.3, -0.25) is 9.69 Å². The molecule has 1 saturated heterocycles. The minimum absolute atomic E-state index is 0.281. The molecule has 4 nitrogen and oxygen atoms in total. The third-order valence-electron chi connectivity index (χ3n) is 4.43. The molecule has 1 aliphatic heterocycles. The highest BCUT2D eigenvalue weighted by molar-refractivity contribution is 5.77. The van der Waals surface area contributed by atoms with Gasteiger partial charge in [0.15, 0.2) is 0 Å². The number of ether oxygens (including phenoxy) is 1. The number of rotatable bonds is 7. The zero-order valence-corrected chi connectivity index (χ0v) is 15.3. The number of alkyl halides is 3. The molecule has 0 radical (unpaired) electrons. The molecule has 1 aromatic rings. The third-order valence-corrected chi connectivity index (χ3v) is 4.43. The fourth-order valence-corrected chi connectivity index (χ4v) is 3.55. The first-order chi connectivity index (χ1) is 12.2. The van der Waals surface area contributed by atoms with Gasteiger partial charge in [0.05, 0.1) is 0 Å². The second-order valence-electron chi connectivity index (χ2n) is 7.29. The van der Waals surface area contributed by atoms with Crippen LogP contribution in [0.3, 0.4) is 0 Å². The number of halogens is 3. The van der Waals surface area contributed by atoms with Crippen molar-refractivity contribution < 1.29 is 22.7 Å². The van der Waals surface area contributed by atoms with Crippen LogP contribution in [0.15, 0.2) is 24.3 Å². The van der Waals surface area contributed by atoms with Gasteiger partial charge in [-0.25, -0.2) is 0 Å². The molecule has 2 rings (SSSR count). The van der Waals surface area contributed by atoms with Gasteiger partial charge in [-0.2, -0.15) is 13.2 Å². The van der Waals surface area contributed by atoms with Gasteiger partial charge < -0.3 is 10.1 Å². The number of carbonyl (C=O) groups excluding carboxylic acids is 1. The van der Waals surface area contributed by atoms with Crippen molar-refractivity contribution >= 4 is 5.91 Å². The molecule has 1 aliphatic rings. The SMILES string of the molecule is CC1CC(C)CN(Cc2ccccc2CNC(=O)COCC(F)(F)F)C1. The second kappa shape index (κ2) is 9.37. The van der Waals surface area contributed by atoms with Gasteiger partial charge >= 0.3 is 6.18 Å². The highest BCUT2D eigenvalue weighted by Gasteiger charge is 2.27. The molecular formula is C19H27F3N2O2. The Morgan fingerprint density at radius 3 is 2.42 bits per heavy atom. The van der Waals surface area contributed by atoms with E-state index in [1.54, 1.807) is 0 Å². The largest absolute Gasteiger partial charge is 0.411 e. The van der Waals surface area contributed by atoms with E-state index < -0.39 is 25.3 Å². The van der Waals surface area contributed by atoms with Crippen molar-refractivity contribution in [3.8, 4) is 0 Å². The quantitative estimate of drug-likeness (QED) is 0.798. The maximum atomic E-state index is 12.0. The lowest BCUT2D eigenvalue weighted by Gasteiger charge is -2.35. The summed E-state index contributed by atoms with van der Waals surface area (Å²) in [5.41, 5.74) is 2.10. The average Bonchev–Trinajstić information content (AvgIpc) is 2.52. The molecule has 0 bridgehead atoms. The van der Waals surface area contributed by atoms with E-state index in [2.05, 4.69) is 28.8 Å². The number of nitrogens with one attached hydrogen (secondary N) is 1. The van der Waals surface area contributed by atoms with Gasteiger partial charge in [-0.1, -0.05) is 38.1 Å². The van der Waals surface area contributed by atoms with Crippen LogP contribution in [0.5, 0.6) is 0 Å². The van der Waals surface area contributed by atoms with Crippen LogP contribution in [0.4, 0.5) is 13.2 Å². The van der Waals surface area contributed by atoms with Crippen molar-refractivity contribution in [2.24, 2.45) is 11.8 Å². The Kier molecular flexibility index (Phi) is 7.46. The summed E-state index contributed by atoms with van der Waals surface area (Å²) < 4.78 is 40.5.